The van der Waals surface area contributed by atoms with Crippen LogP contribution in [0.25, 0.3) is 0 Å². The Balaban J connectivity index is 1.65. The number of likely N-dealkylation sites (N-methyl/N-ethyl adjacent to an activating group) is 1. The minimum absolute atomic E-state index is 0.0175. The Labute approximate surface area is 186 Å². The molecule has 1 aromatic carbocycles. The summed E-state index contributed by atoms with van der Waals surface area (Å²) in [5.41, 5.74) is 0.470. The number of nitrogens with zero attached hydrogens (tertiary/aromatic N) is 3. The third kappa shape index (κ3) is 5.80. The minimum atomic E-state index is -3.16. The Morgan fingerprint density at radius 3 is 2.74 bits per heavy atom. The molecule has 2 aromatic rings. The molecular formula is C18H19N3O7S3. The van der Waals surface area contributed by atoms with Crippen molar-refractivity contribution in [1.29, 1.82) is 0 Å². The molecule has 166 valence electrons. The van der Waals surface area contributed by atoms with E-state index in [-0.39, 0.29) is 22.8 Å². The van der Waals surface area contributed by atoms with Gasteiger partial charge in [0.15, 0.2) is 20.8 Å². The lowest BCUT2D eigenvalue weighted by Gasteiger charge is -2.23. The lowest BCUT2D eigenvalue weighted by Crippen LogP contribution is -2.40. The fourth-order valence-electron chi connectivity index (χ4n) is 2.94. The summed E-state index contributed by atoms with van der Waals surface area (Å²) in [6, 6.07) is 3.47. The third-order valence-corrected chi connectivity index (χ3v) is 8.53. The van der Waals surface area contributed by atoms with Crippen LogP contribution >= 0.6 is 23.1 Å². The van der Waals surface area contributed by atoms with Crippen molar-refractivity contribution in [3.63, 3.8) is 0 Å². The highest BCUT2D eigenvalue weighted by Gasteiger charge is 2.33. The second-order valence-corrected chi connectivity index (χ2v) is 11.3. The highest BCUT2D eigenvalue weighted by Crippen LogP contribution is 2.36. The van der Waals surface area contributed by atoms with Gasteiger partial charge in [-0.1, -0.05) is 11.8 Å². The van der Waals surface area contributed by atoms with Gasteiger partial charge in [-0.3, -0.25) is 14.9 Å². The Hall–Kier alpha value is -2.51. The number of thiazole rings is 1. The number of carbonyl (C=O) groups is 2. The predicted molar refractivity (Wildman–Crippen MR) is 114 cm³/mol. The molecule has 0 saturated carbocycles. The maximum atomic E-state index is 12.3. The van der Waals surface area contributed by atoms with E-state index in [0.29, 0.717) is 15.7 Å². The summed E-state index contributed by atoms with van der Waals surface area (Å²) in [5.74, 6) is -1.53. The van der Waals surface area contributed by atoms with Crippen LogP contribution in [-0.4, -0.2) is 66.3 Å². The zero-order valence-electron chi connectivity index (χ0n) is 16.6. The minimum Gasteiger partial charge on any atom is -0.452 e. The molecule has 10 nitrogen and oxygen atoms in total. The number of aryl methyl sites for hydroxylation is 1. The number of amides is 1. The number of hydrogen-bond acceptors (Lipinski definition) is 10. The highest BCUT2D eigenvalue weighted by atomic mass is 32.2. The standard InChI is InChI=1S/C18H19N3O7S3/c1-11-9-29-18(19-11)30-15-4-3-12(7-14(15)21(24)25)17(23)28-8-16(22)20(2)13-5-6-31(26,27)10-13/h3-4,7,9,13H,5-6,8,10H2,1-2H3/t13-/m0/s1. The van der Waals surface area contributed by atoms with Crippen molar-refractivity contribution in [3.8, 4) is 0 Å². The van der Waals surface area contributed by atoms with Gasteiger partial charge in [-0.2, -0.15) is 0 Å². The van der Waals surface area contributed by atoms with Gasteiger partial charge < -0.3 is 9.64 Å². The summed E-state index contributed by atoms with van der Waals surface area (Å²) >= 11 is 2.48. The van der Waals surface area contributed by atoms with Crippen LogP contribution < -0.4 is 0 Å². The number of hydrogen-bond donors (Lipinski definition) is 0. The van der Waals surface area contributed by atoms with E-state index in [1.807, 2.05) is 12.3 Å². The van der Waals surface area contributed by atoms with Gasteiger partial charge in [-0.25, -0.2) is 18.2 Å². The molecule has 1 aliphatic heterocycles. The first-order valence-electron chi connectivity index (χ1n) is 9.07. The summed E-state index contributed by atoms with van der Waals surface area (Å²) in [6.07, 6.45) is 0.336. The van der Waals surface area contributed by atoms with Gasteiger partial charge in [-0.15, -0.1) is 11.3 Å². The van der Waals surface area contributed by atoms with Crippen LogP contribution in [-0.2, 0) is 19.4 Å². The molecule has 0 bridgehead atoms. The van der Waals surface area contributed by atoms with Crippen LogP contribution in [0.2, 0.25) is 0 Å². The highest BCUT2D eigenvalue weighted by molar-refractivity contribution is 8.01. The molecule has 1 amide bonds. The number of carbonyl (C=O) groups excluding carboxylic acids is 2. The molecule has 1 saturated heterocycles. The van der Waals surface area contributed by atoms with E-state index in [0.717, 1.165) is 23.5 Å². The van der Waals surface area contributed by atoms with Gasteiger partial charge in [0, 0.05) is 30.2 Å². The average molecular weight is 486 g/mol. The third-order valence-electron chi connectivity index (χ3n) is 4.66. The van der Waals surface area contributed by atoms with Crippen LogP contribution in [0, 0.1) is 17.0 Å². The SMILES string of the molecule is Cc1csc(Sc2ccc(C(=O)OCC(=O)N(C)[C@H]3CCS(=O)(=O)C3)cc2[N+](=O)[O-])n1. The van der Waals surface area contributed by atoms with Crippen LogP contribution in [0.15, 0.2) is 32.8 Å². The molecule has 0 spiro atoms. The van der Waals surface area contributed by atoms with Crippen molar-refractivity contribution in [1.82, 2.24) is 9.88 Å². The maximum Gasteiger partial charge on any atom is 0.338 e. The number of nitro groups is 1. The van der Waals surface area contributed by atoms with Crippen molar-refractivity contribution >= 4 is 50.5 Å². The Kier molecular flexibility index (Phi) is 6.96. The number of ether oxygens (including phenoxy) is 1. The molecule has 0 unspecified atom stereocenters. The molecule has 0 aliphatic carbocycles. The Bertz CT molecular complexity index is 1130. The first kappa shape index (κ1) is 23.2. The molecular weight excluding hydrogens is 466 g/mol. The quantitative estimate of drug-likeness (QED) is 0.328. The van der Waals surface area contributed by atoms with Crippen LogP contribution in [0.3, 0.4) is 0 Å². The van der Waals surface area contributed by atoms with Gasteiger partial charge in [-0.05, 0) is 25.5 Å². The second kappa shape index (κ2) is 9.32. The average Bonchev–Trinajstić information content (AvgIpc) is 3.29. The van der Waals surface area contributed by atoms with Gasteiger partial charge in [0.2, 0.25) is 0 Å². The zero-order valence-corrected chi connectivity index (χ0v) is 19.1. The first-order valence-corrected chi connectivity index (χ1v) is 12.6. The normalized spacial score (nSPS) is 17.3. The fraction of sp³-hybridized carbons (Fsp3) is 0.389. The van der Waals surface area contributed by atoms with E-state index in [1.165, 1.54) is 35.4 Å². The number of rotatable bonds is 7. The summed E-state index contributed by atoms with van der Waals surface area (Å²) in [4.78, 5) is 41.3. The molecule has 3 rings (SSSR count). The predicted octanol–water partition coefficient (Wildman–Crippen LogP) is 2.31. The summed E-state index contributed by atoms with van der Waals surface area (Å²) in [7, 11) is -1.70. The molecule has 31 heavy (non-hydrogen) atoms. The number of benzene rings is 1. The monoisotopic (exact) mass is 485 g/mol. The maximum absolute atomic E-state index is 12.3. The number of aromatic nitrogens is 1. The molecule has 0 radical (unpaired) electrons. The number of nitro benzene ring substituents is 1. The molecule has 1 aromatic heterocycles. The zero-order chi connectivity index (χ0) is 22.8. The molecule has 13 heteroatoms. The topological polar surface area (TPSA) is 137 Å². The molecule has 1 atom stereocenters. The Morgan fingerprint density at radius 2 is 2.16 bits per heavy atom. The van der Waals surface area contributed by atoms with E-state index in [9.17, 15) is 28.1 Å². The van der Waals surface area contributed by atoms with Crippen molar-refractivity contribution in [2.45, 2.75) is 28.6 Å². The summed E-state index contributed by atoms with van der Waals surface area (Å²) in [5, 5.41) is 13.3. The van der Waals surface area contributed by atoms with Crippen molar-refractivity contribution in [3.05, 3.63) is 45.0 Å². The van der Waals surface area contributed by atoms with E-state index in [1.54, 1.807) is 0 Å². The summed E-state index contributed by atoms with van der Waals surface area (Å²) in [6.45, 7) is 1.23. The molecule has 0 N–H and O–H groups in total. The van der Waals surface area contributed by atoms with Crippen LogP contribution in [0.4, 0.5) is 5.69 Å². The summed E-state index contributed by atoms with van der Waals surface area (Å²) < 4.78 is 28.8. The van der Waals surface area contributed by atoms with Crippen molar-refractivity contribution in [2.75, 3.05) is 25.2 Å². The number of sulfone groups is 1. The molecule has 1 aliphatic rings. The van der Waals surface area contributed by atoms with Gasteiger partial charge in [0.05, 0.1) is 26.9 Å². The second-order valence-electron chi connectivity index (χ2n) is 6.93. The Morgan fingerprint density at radius 1 is 1.42 bits per heavy atom. The lowest BCUT2D eigenvalue weighted by atomic mass is 10.2. The molecule has 2 heterocycles. The van der Waals surface area contributed by atoms with Crippen LogP contribution in [0.5, 0.6) is 0 Å². The lowest BCUT2D eigenvalue weighted by molar-refractivity contribution is -0.387. The van der Waals surface area contributed by atoms with E-state index >= 15 is 0 Å². The molecule has 1 fully saturated rings. The van der Waals surface area contributed by atoms with Gasteiger partial charge in [0.1, 0.15) is 0 Å². The smallest absolute Gasteiger partial charge is 0.338 e. The van der Waals surface area contributed by atoms with Gasteiger partial charge >= 0.3 is 5.97 Å². The van der Waals surface area contributed by atoms with E-state index < -0.39 is 39.3 Å². The first-order chi connectivity index (χ1) is 14.6. The largest absolute Gasteiger partial charge is 0.452 e. The van der Waals surface area contributed by atoms with E-state index in [2.05, 4.69) is 4.98 Å². The van der Waals surface area contributed by atoms with Crippen LogP contribution in [0.1, 0.15) is 22.5 Å². The number of esters is 1. The van der Waals surface area contributed by atoms with E-state index in [4.69, 9.17) is 4.74 Å². The van der Waals surface area contributed by atoms with Gasteiger partial charge in [0.25, 0.3) is 11.6 Å². The van der Waals surface area contributed by atoms with Crippen molar-refractivity contribution < 1.29 is 27.7 Å². The van der Waals surface area contributed by atoms with Crippen molar-refractivity contribution in [2.24, 2.45) is 0 Å². The fourth-order valence-corrected chi connectivity index (χ4v) is 6.60.